The van der Waals surface area contributed by atoms with Crippen molar-refractivity contribution >= 4 is 29.6 Å². The van der Waals surface area contributed by atoms with Crippen LogP contribution in [0.2, 0.25) is 0 Å². The maximum Gasteiger partial charge on any atom is 0.245 e. The summed E-state index contributed by atoms with van der Waals surface area (Å²) >= 11 is 0. The van der Waals surface area contributed by atoms with Gasteiger partial charge < -0.3 is 59.7 Å². The lowest BCUT2D eigenvalue weighted by atomic mass is 9.98. The average molecular weight is 629 g/mol. The number of aliphatic hydroxyl groups is 2. The summed E-state index contributed by atoms with van der Waals surface area (Å²) in [5, 5.41) is 34.4. The third-order valence-corrected chi connectivity index (χ3v) is 7.29. The Morgan fingerprint density at radius 3 is 2.27 bits per heavy atom. The van der Waals surface area contributed by atoms with Crippen LogP contribution in [0.15, 0.2) is 4.99 Å². The average Bonchev–Trinajstić information content (AvgIpc) is 3.52. The van der Waals surface area contributed by atoms with E-state index in [0.29, 0.717) is 64.7 Å². The highest BCUT2D eigenvalue weighted by atomic mass is 16.3. The van der Waals surface area contributed by atoms with Crippen molar-refractivity contribution in [2.75, 3.05) is 32.8 Å². The number of carbonyl (C=O) groups is 4. The standard InChI is InChI=1S/C28H56N10O6/c1-17(2)15-20(24(41)34-12-4-3-11-29)36-27(44)23(22(40)10-9-18(30)7-5-14-35-28(31)32)38-26(43)21(16-39)37-25(42)19-8-6-13-33-19/h17-23,33,39-40H,3-16,29-30H2,1-2H3,(H,34,41)(H,36,44)(H,37,42)(H,38,43)(H4,31,32,35). The van der Waals surface area contributed by atoms with E-state index in [1.54, 1.807) is 0 Å². The Balaban J connectivity index is 3.02. The lowest BCUT2D eigenvalue weighted by Gasteiger charge is -2.29. The van der Waals surface area contributed by atoms with Gasteiger partial charge in [0.05, 0.1) is 18.8 Å². The van der Waals surface area contributed by atoms with Gasteiger partial charge in [-0.05, 0) is 76.8 Å². The van der Waals surface area contributed by atoms with Crippen molar-refractivity contribution in [2.24, 2.45) is 33.8 Å². The Morgan fingerprint density at radius 1 is 0.955 bits per heavy atom. The van der Waals surface area contributed by atoms with E-state index in [0.717, 1.165) is 12.8 Å². The van der Waals surface area contributed by atoms with Crippen LogP contribution in [0, 0.1) is 5.92 Å². The van der Waals surface area contributed by atoms with Crippen LogP contribution >= 0.6 is 0 Å². The summed E-state index contributed by atoms with van der Waals surface area (Å²) < 4.78 is 0. The molecule has 44 heavy (non-hydrogen) atoms. The maximum atomic E-state index is 13.5. The molecular formula is C28H56N10O6. The molecule has 0 bridgehead atoms. The molecule has 0 aliphatic carbocycles. The predicted octanol–water partition coefficient (Wildman–Crippen LogP) is -3.39. The number of amides is 4. The zero-order valence-corrected chi connectivity index (χ0v) is 26.2. The second-order valence-electron chi connectivity index (χ2n) is 11.7. The topological polar surface area (TPSA) is 285 Å². The number of rotatable bonds is 22. The van der Waals surface area contributed by atoms with Crippen molar-refractivity contribution in [3.8, 4) is 0 Å². The molecule has 4 amide bonds. The molecule has 1 saturated heterocycles. The summed E-state index contributed by atoms with van der Waals surface area (Å²) in [7, 11) is 0. The molecule has 1 heterocycles. The summed E-state index contributed by atoms with van der Waals surface area (Å²) in [5.41, 5.74) is 22.4. The number of hydrogen-bond acceptors (Lipinski definition) is 10. The SMILES string of the molecule is CC(C)CC(NC(=O)C(NC(=O)C(CO)NC(=O)C1CCCN1)C(O)CCC(N)CCCN=C(N)N)C(=O)NCCCCN. The van der Waals surface area contributed by atoms with Gasteiger partial charge in [-0.2, -0.15) is 0 Å². The largest absolute Gasteiger partial charge is 0.394 e. The highest BCUT2D eigenvalue weighted by Crippen LogP contribution is 2.12. The molecule has 1 rings (SSSR count). The second-order valence-corrected chi connectivity index (χ2v) is 11.7. The Labute approximate surface area is 260 Å². The lowest BCUT2D eigenvalue weighted by Crippen LogP contribution is -2.61. The zero-order valence-electron chi connectivity index (χ0n) is 26.2. The third kappa shape index (κ3) is 15.6. The van der Waals surface area contributed by atoms with Crippen molar-refractivity contribution in [3.63, 3.8) is 0 Å². The van der Waals surface area contributed by atoms with Crippen LogP contribution < -0.4 is 49.5 Å². The fraction of sp³-hybridized carbons (Fsp3) is 0.821. The van der Waals surface area contributed by atoms with Gasteiger partial charge in [0.1, 0.15) is 18.1 Å². The van der Waals surface area contributed by atoms with Gasteiger partial charge in [0, 0.05) is 19.1 Å². The third-order valence-electron chi connectivity index (χ3n) is 7.29. The van der Waals surface area contributed by atoms with Gasteiger partial charge in [-0.1, -0.05) is 13.8 Å². The van der Waals surface area contributed by atoms with E-state index in [4.69, 9.17) is 22.9 Å². The van der Waals surface area contributed by atoms with Crippen LogP contribution in [-0.4, -0.2) is 109 Å². The molecule has 0 saturated carbocycles. The van der Waals surface area contributed by atoms with E-state index in [-0.39, 0.29) is 24.3 Å². The number of hydrogen-bond donors (Lipinski definition) is 11. The van der Waals surface area contributed by atoms with Crippen molar-refractivity contribution in [3.05, 3.63) is 0 Å². The molecule has 0 aromatic carbocycles. The van der Waals surface area contributed by atoms with E-state index < -0.39 is 60.5 Å². The molecule has 0 spiro atoms. The van der Waals surface area contributed by atoms with Crippen molar-refractivity contribution in [1.82, 2.24) is 26.6 Å². The first-order chi connectivity index (χ1) is 20.9. The zero-order chi connectivity index (χ0) is 33.1. The first-order valence-electron chi connectivity index (χ1n) is 15.6. The smallest absolute Gasteiger partial charge is 0.245 e. The van der Waals surface area contributed by atoms with Crippen LogP contribution in [-0.2, 0) is 19.2 Å². The minimum Gasteiger partial charge on any atom is -0.394 e. The molecule has 16 heteroatoms. The van der Waals surface area contributed by atoms with Crippen LogP contribution in [0.4, 0.5) is 0 Å². The molecule has 6 atom stereocenters. The lowest BCUT2D eigenvalue weighted by molar-refractivity contribution is -0.137. The Hall–Kier alpha value is -3.05. The summed E-state index contributed by atoms with van der Waals surface area (Å²) in [5.74, 6) is -2.45. The number of unbranched alkanes of at least 4 members (excludes halogenated alkanes) is 1. The molecule has 16 nitrogen and oxygen atoms in total. The highest BCUT2D eigenvalue weighted by Gasteiger charge is 2.35. The summed E-state index contributed by atoms with van der Waals surface area (Å²) in [6.07, 6.45) is 3.26. The number of guanidine groups is 1. The van der Waals surface area contributed by atoms with Crippen LogP contribution in [0.5, 0.6) is 0 Å². The molecule has 0 aromatic heterocycles. The van der Waals surface area contributed by atoms with Crippen LogP contribution in [0.3, 0.4) is 0 Å². The highest BCUT2D eigenvalue weighted by molar-refractivity contribution is 5.95. The van der Waals surface area contributed by atoms with E-state index in [1.165, 1.54) is 0 Å². The minimum absolute atomic E-state index is 0.0181. The molecule has 0 radical (unpaired) electrons. The van der Waals surface area contributed by atoms with Crippen molar-refractivity contribution in [1.29, 1.82) is 0 Å². The number of carbonyl (C=O) groups excluding carboxylic acids is 4. The summed E-state index contributed by atoms with van der Waals surface area (Å²) in [4.78, 5) is 56.1. The molecule has 15 N–H and O–H groups in total. The Bertz CT molecular complexity index is 911. The first kappa shape index (κ1) is 39.0. The number of nitrogens with one attached hydrogen (secondary N) is 5. The van der Waals surface area contributed by atoms with Gasteiger partial charge >= 0.3 is 0 Å². The maximum absolute atomic E-state index is 13.5. The molecule has 6 unspecified atom stereocenters. The van der Waals surface area contributed by atoms with Crippen molar-refractivity contribution in [2.45, 2.75) is 108 Å². The van der Waals surface area contributed by atoms with Crippen LogP contribution in [0.1, 0.15) is 71.6 Å². The summed E-state index contributed by atoms with van der Waals surface area (Å²) in [6, 6.07) is -4.61. The van der Waals surface area contributed by atoms with Gasteiger partial charge in [0.25, 0.3) is 0 Å². The predicted molar refractivity (Wildman–Crippen MR) is 168 cm³/mol. The quantitative estimate of drug-likeness (QED) is 0.0319. The number of nitrogens with two attached hydrogens (primary N) is 4. The molecule has 1 aliphatic heterocycles. The Kier molecular flexibility index (Phi) is 19.1. The van der Waals surface area contributed by atoms with Gasteiger partial charge in [-0.3, -0.25) is 24.2 Å². The molecule has 1 fully saturated rings. The molecule has 1 aliphatic rings. The van der Waals surface area contributed by atoms with Crippen LogP contribution in [0.25, 0.3) is 0 Å². The number of aliphatic imine (C=N–C) groups is 1. The van der Waals surface area contributed by atoms with Gasteiger partial charge in [0.2, 0.25) is 23.6 Å². The fourth-order valence-corrected chi connectivity index (χ4v) is 4.79. The molecule has 0 aromatic rings. The Morgan fingerprint density at radius 2 is 1.68 bits per heavy atom. The van der Waals surface area contributed by atoms with Crippen molar-refractivity contribution < 1.29 is 29.4 Å². The monoisotopic (exact) mass is 628 g/mol. The molecule has 254 valence electrons. The normalized spacial score (nSPS) is 18.0. The summed E-state index contributed by atoms with van der Waals surface area (Å²) in [6.45, 7) is 5.02. The van der Waals surface area contributed by atoms with Gasteiger partial charge in [-0.15, -0.1) is 0 Å². The van der Waals surface area contributed by atoms with E-state index in [9.17, 15) is 29.4 Å². The fourth-order valence-electron chi connectivity index (χ4n) is 4.79. The van der Waals surface area contributed by atoms with E-state index in [1.807, 2.05) is 13.8 Å². The van der Waals surface area contributed by atoms with E-state index in [2.05, 4.69) is 31.6 Å². The van der Waals surface area contributed by atoms with E-state index >= 15 is 0 Å². The number of aliphatic hydroxyl groups excluding tert-OH is 2. The number of nitrogens with zero attached hydrogens (tertiary/aromatic N) is 1. The second kappa shape index (κ2) is 21.6. The first-order valence-corrected chi connectivity index (χ1v) is 15.6. The minimum atomic E-state index is -1.49. The molecular weight excluding hydrogens is 572 g/mol. The van der Waals surface area contributed by atoms with Gasteiger partial charge in [-0.25, -0.2) is 0 Å². The van der Waals surface area contributed by atoms with Gasteiger partial charge in [0.15, 0.2) is 5.96 Å².